The maximum absolute atomic E-state index is 13.1. The normalized spacial score (nSPS) is 11.8. The number of nitrogen functional groups attached to an aromatic ring is 1. The standard InChI is InChI=1S/C14H11F3N4O/c1-22-13-10(4-8(18)5-19-13)9-2-7(14(15,16)17)3-12-11(9)6-20-21-12/h2-6H,18H2,1H3,(H,20,21). The number of H-pyrrole nitrogens is 1. The van der Waals surface area contributed by atoms with Crippen LogP contribution in [0, 0.1) is 0 Å². The van der Waals surface area contributed by atoms with Crippen LogP contribution in [0.25, 0.3) is 22.0 Å². The number of hydrogen-bond donors (Lipinski definition) is 2. The fourth-order valence-corrected chi connectivity index (χ4v) is 2.26. The number of aromatic nitrogens is 3. The minimum atomic E-state index is -4.48. The van der Waals surface area contributed by atoms with Gasteiger partial charge < -0.3 is 10.5 Å². The fourth-order valence-electron chi connectivity index (χ4n) is 2.26. The van der Waals surface area contributed by atoms with E-state index in [-0.39, 0.29) is 11.4 Å². The summed E-state index contributed by atoms with van der Waals surface area (Å²) in [5, 5.41) is 6.88. The van der Waals surface area contributed by atoms with Crippen molar-refractivity contribution in [1.29, 1.82) is 0 Å². The molecule has 22 heavy (non-hydrogen) atoms. The third kappa shape index (κ3) is 2.32. The van der Waals surface area contributed by atoms with Gasteiger partial charge in [-0.3, -0.25) is 5.10 Å². The van der Waals surface area contributed by atoms with Crippen LogP contribution in [0.5, 0.6) is 5.88 Å². The molecule has 0 saturated heterocycles. The quantitative estimate of drug-likeness (QED) is 0.762. The Morgan fingerprint density at radius 3 is 2.59 bits per heavy atom. The maximum atomic E-state index is 13.1. The van der Waals surface area contributed by atoms with Gasteiger partial charge in [-0.25, -0.2) is 4.98 Å². The van der Waals surface area contributed by atoms with Gasteiger partial charge in [0.15, 0.2) is 0 Å². The molecule has 2 heterocycles. The molecule has 0 aliphatic heterocycles. The number of rotatable bonds is 2. The molecule has 3 N–H and O–H groups in total. The first-order valence-corrected chi connectivity index (χ1v) is 6.24. The van der Waals surface area contributed by atoms with E-state index in [1.165, 1.54) is 25.6 Å². The third-order valence-electron chi connectivity index (χ3n) is 3.24. The lowest BCUT2D eigenvalue weighted by atomic mass is 9.99. The zero-order chi connectivity index (χ0) is 15.9. The van der Waals surface area contributed by atoms with Crippen molar-refractivity contribution in [2.75, 3.05) is 12.8 Å². The highest BCUT2D eigenvalue weighted by Gasteiger charge is 2.32. The fraction of sp³-hybridized carbons (Fsp3) is 0.143. The smallest absolute Gasteiger partial charge is 0.416 e. The Hall–Kier alpha value is -2.77. The predicted octanol–water partition coefficient (Wildman–Crippen LogP) is 3.23. The van der Waals surface area contributed by atoms with Gasteiger partial charge in [0, 0.05) is 10.9 Å². The molecule has 0 saturated carbocycles. The van der Waals surface area contributed by atoms with Crippen molar-refractivity contribution in [3.8, 4) is 17.0 Å². The van der Waals surface area contributed by atoms with Gasteiger partial charge in [-0.05, 0) is 23.8 Å². The Bertz CT molecular complexity index is 842. The molecule has 2 aromatic heterocycles. The molecule has 0 amide bonds. The summed E-state index contributed by atoms with van der Waals surface area (Å²) in [5.41, 5.74) is 6.18. The van der Waals surface area contributed by atoms with Crippen LogP contribution in [-0.4, -0.2) is 22.3 Å². The Kier molecular flexibility index (Phi) is 3.16. The van der Waals surface area contributed by atoms with Gasteiger partial charge in [0.1, 0.15) is 0 Å². The second kappa shape index (κ2) is 4.90. The number of nitrogens with zero attached hydrogens (tertiary/aromatic N) is 2. The van der Waals surface area contributed by atoms with Crippen molar-refractivity contribution in [1.82, 2.24) is 15.2 Å². The van der Waals surface area contributed by atoms with Crippen molar-refractivity contribution in [2.24, 2.45) is 0 Å². The highest BCUT2D eigenvalue weighted by Crippen LogP contribution is 2.39. The van der Waals surface area contributed by atoms with Gasteiger partial charge in [-0.15, -0.1) is 0 Å². The molecule has 0 radical (unpaired) electrons. The Labute approximate surface area is 122 Å². The van der Waals surface area contributed by atoms with E-state index in [0.717, 1.165) is 12.1 Å². The molecule has 0 aliphatic rings. The number of fused-ring (bicyclic) bond motifs is 1. The molecular formula is C14H11F3N4O. The SMILES string of the molecule is COc1ncc(N)cc1-c1cc(C(F)(F)F)cc2[nH]ncc12. The predicted molar refractivity (Wildman–Crippen MR) is 75.3 cm³/mol. The summed E-state index contributed by atoms with van der Waals surface area (Å²) in [5.74, 6) is 0.191. The van der Waals surface area contributed by atoms with Crippen molar-refractivity contribution in [3.63, 3.8) is 0 Å². The number of ether oxygens (including phenoxy) is 1. The Morgan fingerprint density at radius 1 is 1.14 bits per heavy atom. The topological polar surface area (TPSA) is 76.8 Å². The summed E-state index contributed by atoms with van der Waals surface area (Å²) in [4.78, 5) is 4.00. The first-order chi connectivity index (χ1) is 10.4. The van der Waals surface area contributed by atoms with Crippen molar-refractivity contribution in [2.45, 2.75) is 6.18 Å². The van der Waals surface area contributed by atoms with Crippen LogP contribution in [0.1, 0.15) is 5.56 Å². The molecule has 0 atom stereocenters. The first-order valence-electron chi connectivity index (χ1n) is 6.24. The number of hydrogen-bond acceptors (Lipinski definition) is 4. The summed E-state index contributed by atoms with van der Waals surface area (Å²) >= 11 is 0. The number of nitrogens with two attached hydrogens (primary N) is 1. The van der Waals surface area contributed by atoms with Crippen LogP contribution in [0.2, 0.25) is 0 Å². The number of benzene rings is 1. The van der Waals surface area contributed by atoms with Crippen molar-refractivity contribution in [3.05, 3.63) is 36.2 Å². The lowest BCUT2D eigenvalue weighted by molar-refractivity contribution is -0.137. The molecule has 114 valence electrons. The number of anilines is 1. The van der Waals surface area contributed by atoms with Gasteiger partial charge in [-0.1, -0.05) is 0 Å². The number of pyridine rings is 1. The van der Waals surface area contributed by atoms with Gasteiger partial charge in [-0.2, -0.15) is 18.3 Å². The third-order valence-corrected chi connectivity index (χ3v) is 3.24. The zero-order valence-corrected chi connectivity index (χ0v) is 11.4. The summed E-state index contributed by atoms with van der Waals surface area (Å²) in [6, 6.07) is 3.57. The lowest BCUT2D eigenvalue weighted by Gasteiger charge is -2.13. The largest absolute Gasteiger partial charge is 0.481 e. The van der Waals surface area contributed by atoms with Gasteiger partial charge >= 0.3 is 6.18 Å². The van der Waals surface area contributed by atoms with E-state index < -0.39 is 11.7 Å². The second-order valence-electron chi connectivity index (χ2n) is 4.68. The van der Waals surface area contributed by atoms with Crippen LogP contribution < -0.4 is 10.5 Å². The van der Waals surface area contributed by atoms with Gasteiger partial charge in [0.05, 0.1) is 36.3 Å². The molecule has 1 aromatic carbocycles. The minimum absolute atomic E-state index is 0.191. The van der Waals surface area contributed by atoms with Gasteiger partial charge in [0.2, 0.25) is 5.88 Å². The van der Waals surface area contributed by atoms with Crippen molar-refractivity contribution < 1.29 is 17.9 Å². The van der Waals surface area contributed by atoms with E-state index in [9.17, 15) is 13.2 Å². The van der Waals surface area contributed by atoms with E-state index in [0.29, 0.717) is 22.2 Å². The number of halogens is 3. The number of nitrogens with one attached hydrogen (secondary N) is 1. The molecule has 5 nitrogen and oxygen atoms in total. The summed E-state index contributed by atoms with van der Waals surface area (Å²) in [6.45, 7) is 0. The minimum Gasteiger partial charge on any atom is -0.481 e. The average molecular weight is 308 g/mol. The maximum Gasteiger partial charge on any atom is 0.416 e. The zero-order valence-electron chi connectivity index (χ0n) is 11.4. The number of methoxy groups -OCH3 is 1. The van der Waals surface area contributed by atoms with E-state index >= 15 is 0 Å². The Balaban J connectivity index is 2.35. The van der Waals surface area contributed by atoms with E-state index in [1.807, 2.05) is 0 Å². The molecule has 0 fully saturated rings. The molecular weight excluding hydrogens is 297 g/mol. The highest BCUT2D eigenvalue weighted by atomic mass is 19.4. The Morgan fingerprint density at radius 2 is 1.91 bits per heavy atom. The summed E-state index contributed by atoms with van der Waals surface area (Å²) in [6.07, 6.45) is -1.65. The number of aromatic amines is 1. The van der Waals surface area contributed by atoms with E-state index in [2.05, 4.69) is 15.2 Å². The van der Waals surface area contributed by atoms with E-state index in [1.54, 1.807) is 0 Å². The molecule has 8 heteroatoms. The van der Waals surface area contributed by atoms with Crippen LogP contribution in [0.3, 0.4) is 0 Å². The van der Waals surface area contributed by atoms with E-state index in [4.69, 9.17) is 10.5 Å². The van der Waals surface area contributed by atoms with Crippen LogP contribution in [-0.2, 0) is 6.18 Å². The summed E-state index contributed by atoms with van der Waals surface area (Å²) < 4.78 is 44.3. The van der Waals surface area contributed by atoms with Crippen LogP contribution >= 0.6 is 0 Å². The number of alkyl halides is 3. The molecule has 3 rings (SSSR count). The first kappa shape index (κ1) is 14.2. The van der Waals surface area contributed by atoms with Crippen LogP contribution in [0.15, 0.2) is 30.6 Å². The van der Waals surface area contributed by atoms with Crippen molar-refractivity contribution >= 4 is 16.6 Å². The van der Waals surface area contributed by atoms with Gasteiger partial charge in [0.25, 0.3) is 0 Å². The molecule has 0 bridgehead atoms. The molecule has 0 aliphatic carbocycles. The average Bonchev–Trinajstić information content (AvgIpc) is 2.93. The molecule has 3 aromatic rings. The molecule has 0 spiro atoms. The second-order valence-corrected chi connectivity index (χ2v) is 4.68. The van der Waals surface area contributed by atoms with Crippen LogP contribution in [0.4, 0.5) is 18.9 Å². The highest BCUT2D eigenvalue weighted by molar-refractivity contribution is 5.96. The lowest BCUT2D eigenvalue weighted by Crippen LogP contribution is -2.05. The monoisotopic (exact) mass is 308 g/mol. The summed E-state index contributed by atoms with van der Waals surface area (Å²) in [7, 11) is 1.39. The molecule has 0 unspecified atom stereocenters.